The second kappa shape index (κ2) is 6.38. The molecule has 2 aromatic rings. The molecule has 0 spiro atoms. The maximum absolute atomic E-state index is 12.1. The van der Waals surface area contributed by atoms with E-state index in [-0.39, 0.29) is 5.91 Å². The van der Waals surface area contributed by atoms with Gasteiger partial charge in [0.05, 0.1) is 0 Å². The summed E-state index contributed by atoms with van der Waals surface area (Å²) in [6.45, 7) is 6.92. The van der Waals surface area contributed by atoms with E-state index < -0.39 is 0 Å². The number of benzene rings is 2. The molecule has 0 atom stereocenters. The molecule has 0 saturated carbocycles. The van der Waals surface area contributed by atoms with Gasteiger partial charge in [-0.1, -0.05) is 55.8 Å². The van der Waals surface area contributed by atoms with E-state index in [4.69, 9.17) is 0 Å². The summed E-state index contributed by atoms with van der Waals surface area (Å²) < 4.78 is 0. The third-order valence-electron chi connectivity index (χ3n) is 3.43. The van der Waals surface area contributed by atoms with Crippen molar-refractivity contribution in [3.8, 4) is 0 Å². The van der Waals surface area contributed by atoms with Gasteiger partial charge < -0.3 is 5.32 Å². The van der Waals surface area contributed by atoms with Crippen LogP contribution in [-0.4, -0.2) is 5.91 Å². The average Bonchev–Trinajstić information content (AvgIpc) is 2.45. The average molecular weight is 267 g/mol. The number of aryl methyl sites for hydroxylation is 1. The van der Waals surface area contributed by atoms with Crippen LogP contribution < -0.4 is 5.32 Å². The molecule has 0 fully saturated rings. The lowest BCUT2D eigenvalue weighted by Gasteiger charge is -2.13. The molecule has 104 valence electrons. The second-order valence-corrected chi connectivity index (χ2v) is 5.40. The van der Waals surface area contributed by atoms with Crippen molar-refractivity contribution in [2.24, 2.45) is 0 Å². The molecule has 0 saturated heterocycles. The zero-order chi connectivity index (χ0) is 14.5. The van der Waals surface area contributed by atoms with Crippen molar-refractivity contribution in [3.05, 3.63) is 70.8 Å². The summed E-state index contributed by atoms with van der Waals surface area (Å²) in [6.07, 6.45) is 0. The SMILES string of the molecule is Cc1ccc(C(=O)NCc2ccccc2C(C)C)cc1. The molecule has 1 N–H and O–H groups in total. The smallest absolute Gasteiger partial charge is 0.251 e. The topological polar surface area (TPSA) is 29.1 Å². The minimum Gasteiger partial charge on any atom is -0.348 e. The third kappa shape index (κ3) is 3.47. The van der Waals surface area contributed by atoms with E-state index >= 15 is 0 Å². The molecular formula is C18H21NO. The lowest BCUT2D eigenvalue weighted by atomic mass is 9.97. The molecule has 0 aliphatic heterocycles. The Morgan fingerprint density at radius 3 is 2.35 bits per heavy atom. The minimum absolute atomic E-state index is 0.0245. The number of amides is 1. The fraction of sp³-hybridized carbons (Fsp3) is 0.278. The Morgan fingerprint density at radius 2 is 1.70 bits per heavy atom. The summed E-state index contributed by atoms with van der Waals surface area (Å²) in [5.74, 6) is 0.436. The lowest BCUT2D eigenvalue weighted by Crippen LogP contribution is -2.23. The Labute approximate surface area is 120 Å². The molecule has 2 aromatic carbocycles. The largest absolute Gasteiger partial charge is 0.348 e. The first-order chi connectivity index (χ1) is 9.58. The lowest BCUT2D eigenvalue weighted by molar-refractivity contribution is 0.0951. The van der Waals surface area contributed by atoms with Crippen LogP contribution in [0.1, 0.15) is 46.8 Å². The Balaban J connectivity index is 2.05. The van der Waals surface area contributed by atoms with Crippen molar-refractivity contribution in [1.82, 2.24) is 5.32 Å². The summed E-state index contributed by atoms with van der Waals surface area (Å²) >= 11 is 0. The van der Waals surface area contributed by atoms with E-state index in [1.54, 1.807) is 0 Å². The van der Waals surface area contributed by atoms with Crippen LogP contribution in [-0.2, 0) is 6.54 Å². The molecule has 0 bridgehead atoms. The van der Waals surface area contributed by atoms with Gasteiger partial charge in [-0.15, -0.1) is 0 Å². The highest BCUT2D eigenvalue weighted by atomic mass is 16.1. The highest BCUT2D eigenvalue weighted by Crippen LogP contribution is 2.19. The first kappa shape index (κ1) is 14.3. The minimum atomic E-state index is -0.0245. The van der Waals surface area contributed by atoms with Gasteiger partial charge in [-0.3, -0.25) is 4.79 Å². The predicted octanol–water partition coefficient (Wildman–Crippen LogP) is 4.05. The summed E-state index contributed by atoms with van der Waals surface area (Å²) in [5.41, 5.74) is 4.34. The van der Waals surface area contributed by atoms with Crippen LogP contribution in [0.4, 0.5) is 0 Å². The van der Waals surface area contributed by atoms with Gasteiger partial charge in [-0.05, 0) is 36.1 Å². The highest BCUT2D eigenvalue weighted by Gasteiger charge is 2.08. The van der Waals surface area contributed by atoms with Gasteiger partial charge in [0.2, 0.25) is 0 Å². The standard InChI is InChI=1S/C18H21NO/c1-13(2)17-7-5-4-6-16(17)12-19-18(20)15-10-8-14(3)9-11-15/h4-11,13H,12H2,1-3H3,(H,19,20). The molecule has 0 radical (unpaired) electrons. The van der Waals surface area contributed by atoms with Gasteiger partial charge in [0.25, 0.3) is 5.91 Å². The molecule has 0 aliphatic rings. The van der Waals surface area contributed by atoms with Crippen LogP contribution in [0.5, 0.6) is 0 Å². The van der Waals surface area contributed by atoms with Crippen LogP contribution in [0.15, 0.2) is 48.5 Å². The molecular weight excluding hydrogens is 246 g/mol. The van der Waals surface area contributed by atoms with E-state index in [1.807, 2.05) is 43.3 Å². The molecule has 0 aromatic heterocycles. The molecule has 0 aliphatic carbocycles. The molecule has 0 unspecified atom stereocenters. The van der Waals surface area contributed by atoms with E-state index in [0.717, 1.165) is 5.56 Å². The van der Waals surface area contributed by atoms with Gasteiger partial charge >= 0.3 is 0 Å². The quantitative estimate of drug-likeness (QED) is 0.889. The molecule has 0 heterocycles. The van der Waals surface area contributed by atoms with Crippen LogP contribution in [0, 0.1) is 6.92 Å². The molecule has 1 amide bonds. The van der Waals surface area contributed by atoms with Crippen molar-refractivity contribution in [1.29, 1.82) is 0 Å². The normalized spacial score (nSPS) is 10.6. The van der Waals surface area contributed by atoms with Crippen LogP contribution in [0.2, 0.25) is 0 Å². The summed E-state index contributed by atoms with van der Waals surface area (Å²) in [6, 6.07) is 15.9. The zero-order valence-electron chi connectivity index (χ0n) is 12.3. The first-order valence-corrected chi connectivity index (χ1v) is 7.00. The number of nitrogens with one attached hydrogen (secondary N) is 1. The number of hydrogen-bond acceptors (Lipinski definition) is 1. The maximum atomic E-state index is 12.1. The summed E-state index contributed by atoms with van der Waals surface area (Å²) in [5, 5.41) is 2.99. The van der Waals surface area contributed by atoms with Gasteiger partial charge in [0, 0.05) is 12.1 Å². The fourth-order valence-electron chi connectivity index (χ4n) is 2.24. The maximum Gasteiger partial charge on any atom is 0.251 e. The van der Waals surface area contributed by atoms with Gasteiger partial charge in [0.1, 0.15) is 0 Å². The van der Waals surface area contributed by atoms with E-state index in [0.29, 0.717) is 18.0 Å². The van der Waals surface area contributed by atoms with E-state index in [2.05, 4.69) is 31.3 Å². The molecule has 20 heavy (non-hydrogen) atoms. The fourth-order valence-corrected chi connectivity index (χ4v) is 2.24. The van der Waals surface area contributed by atoms with Crippen LogP contribution in [0.3, 0.4) is 0 Å². The van der Waals surface area contributed by atoms with Crippen molar-refractivity contribution in [2.45, 2.75) is 33.2 Å². The Bertz CT molecular complexity index is 585. The van der Waals surface area contributed by atoms with Crippen molar-refractivity contribution < 1.29 is 4.79 Å². The number of rotatable bonds is 4. The third-order valence-corrected chi connectivity index (χ3v) is 3.43. The van der Waals surface area contributed by atoms with E-state index in [9.17, 15) is 4.79 Å². The second-order valence-electron chi connectivity index (χ2n) is 5.40. The van der Waals surface area contributed by atoms with Crippen molar-refractivity contribution >= 4 is 5.91 Å². The van der Waals surface area contributed by atoms with Crippen molar-refractivity contribution in [2.75, 3.05) is 0 Å². The summed E-state index contributed by atoms with van der Waals surface area (Å²) in [4.78, 5) is 12.1. The molecule has 2 heteroatoms. The first-order valence-electron chi connectivity index (χ1n) is 7.00. The highest BCUT2D eigenvalue weighted by molar-refractivity contribution is 5.94. The van der Waals surface area contributed by atoms with Crippen LogP contribution >= 0.6 is 0 Å². The van der Waals surface area contributed by atoms with Crippen LogP contribution in [0.25, 0.3) is 0 Å². The summed E-state index contributed by atoms with van der Waals surface area (Å²) in [7, 11) is 0. The van der Waals surface area contributed by atoms with E-state index in [1.165, 1.54) is 11.1 Å². The number of carbonyl (C=O) groups excluding carboxylic acids is 1. The number of carbonyl (C=O) groups is 1. The Hall–Kier alpha value is -2.09. The number of hydrogen-bond donors (Lipinski definition) is 1. The van der Waals surface area contributed by atoms with Gasteiger partial charge in [0.15, 0.2) is 0 Å². The van der Waals surface area contributed by atoms with Gasteiger partial charge in [-0.2, -0.15) is 0 Å². The molecule has 2 nitrogen and oxygen atoms in total. The zero-order valence-corrected chi connectivity index (χ0v) is 12.3. The monoisotopic (exact) mass is 267 g/mol. The predicted molar refractivity (Wildman–Crippen MR) is 82.9 cm³/mol. The molecule has 2 rings (SSSR count). The Morgan fingerprint density at radius 1 is 1.05 bits per heavy atom. The van der Waals surface area contributed by atoms with Crippen molar-refractivity contribution in [3.63, 3.8) is 0 Å². The van der Waals surface area contributed by atoms with Gasteiger partial charge in [-0.25, -0.2) is 0 Å². The Kier molecular flexibility index (Phi) is 4.57.